The molecule has 1 amide bonds. The third-order valence-corrected chi connectivity index (χ3v) is 1.91. The number of rotatable bonds is 3. The Hall–Kier alpha value is -2.70. The van der Waals surface area contributed by atoms with E-state index >= 15 is 0 Å². The van der Waals surface area contributed by atoms with E-state index in [2.05, 4.69) is 25.5 Å². The number of carbonyl (C=O) groups is 1. The number of nitrogens with two attached hydrogens (primary N) is 1. The number of hydrogen-bond donors (Lipinski definition) is 2. The monoisotopic (exact) mass is 231 g/mol. The normalized spacial score (nSPS) is 10.6. The maximum Gasteiger partial charge on any atom is 0.297 e. The molecule has 1 heterocycles. The lowest BCUT2D eigenvalue weighted by Gasteiger charge is -1.94. The number of carbonyl (C=O) groups excluding carboxylic acids is 1. The van der Waals surface area contributed by atoms with Crippen molar-refractivity contribution in [1.29, 1.82) is 0 Å². The number of aromatic nitrogens is 2. The van der Waals surface area contributed by atoms with E-state index in [0.29, 0.717) is 0 Å². The molecule has 0 aliphatic carbocycles. The molecule has 0 saturated carbocycles. The lowest BCUT2D eigenvalue weighted by molar-refractivity contribution is 0.0946. The van der Waals surface area contributed by atoms with Gasteiger partial charge in [-0.05, 0) is 15.9 Å². The van der Waals surface area contributed by atoms with Gasteiger partial charge >= 0.3 is 0 Å². The highest BCUT2D eigenvalue weighted by molar-refractivity contribution is 5.96. The number of nitrogen functional groups attached to an aromatic ring is 1. The molecule has 17 heavy (non-hydrogen) atoms. The molecule has 0 unspecified atom stereocenters. The van der Waals surface area contributed by atoms with Gasteiger partial charge in [0.25, 0.3) is 5.91 Å². The van der Waals surface area contributed by atoms with Crippen LogP contribution in [0.5, 0.6) is 0 Å². The van der Waals surface area contributed by atoms with Crippen molar-refractivity contribution in [3.63, 3.8) is 0 Å². The Morgan fingerprint density at radius 3 is 2.76 bits per heavy atom. The molecule has 86 valence electrons. The third-order valence-electron chi connectivity index (χ3n) is 1.91. The number of hydrogen-bond acceptors (Lipinski definition) is 6. The lowest BCUT2D eigenvalue weighted by Crippen LogP contribution is -2.19. The van der Waals surface area contributed by atoms with Gasteiger partial charge in [-0.25, -0.2) is 10.1 Å². The largest absolute Gasteiger partial charge is 0.379 e. The maximum absolute atomic E-state index is 11.4. The summed E-state index contributed by atoms with van der Waals surface area (Å²) in [6.07, 6.45) is 1.50. The second kappa shape index (κ2) is 4.88. The molecule has 0 saturated heterocycles. The molecule has 2 rings (SSSR count). The number of benzene rings is 1. The van der Waals surface area contributed by atoms with Crippen molar-refractivity contribution in [3.8, 4) is 0 Å². The molecule has 1 aromatic heterocycles. The van der Waals surface area contributed by atoms with E-state index in [1.54, 1.807) is 0 Å². The van der Waals surface area contributed by atoms with Gasteiger partial charge in [-0.1, -0.05) is 30.3 Å². The van der Waals surface area contributed by atoms with Crippen LogP contribution in [0.1, 0.15) is 16.1 Å². The standard InChI is InChI=1S/C10H9N5O2/c11-9-8(14-17-15-9)10(16)13-12-6-7-4-2-1-3-5-7/h1-6H,(H2,11,15)(H,13,16)/b12-6+. The highest BCUT2D eigenvalue weighted by atomic mass is 16.6. The van der Waals surface area contributed by atoms with E-state index in [9.17, 15) is 4.79 Å². The van der Waals surface area contributed by atoms with Crippen LogP contribution in [0, 0.1) is 0 Å². The van der Waals surface area contributed by atoms with Gasteiger partial charge in [0, 0.05) is 0 Å². The summed E-state index contributed by atoms with van der Waals surface area (Å²) >= 11 is 0. The number of anilines is 1. The van der Waals surface area contributed by atoms with Gasteiger partial charge in [0.1, 0.15) is 0 Å². The summed E-state index contributed by atoms with van der Waals surface area (Å²) in [7, 11) is 0. The van der Waals surface area contributed by atoms with E-state index < -0.39 is 5.91 Å². The van der Waals surface area contributed by atoms with Crippen molar-refractivity contribution < 1.29 is 9.42 Å². The van der Waals surface area contributed by atoms with E-state index in [4.69, 9.17) is 5.73 Å². The Bertz CT molecular complexity index is 535. The van der Waals surface area contributed by atoms with Crippen LogP contribution in [0.4, 0.5) is 5.82 Å². The van der Waals surface area contributed by atoms with Gasteiger partial charge in [-0.3, -0.25) is 4.79 Å². The van der Waals surface area contributed by atoms with E-state index in [1.165, 1.54) is 6.21 Å². The van der Waals surface area contributed by atoms with Crippen molar-refractivity contribution >= 4 is 17.9 Å². The summed E-state index contributed by atoms with van der Waals surface area (Å²) in [4.78, 5) is 11.4. The molecule has 0 bridgehead atoms. The first-order valence-corrected chi connectivity index (χ1v) is 4.74. The minimum Gasteiger partial charge on any atom is -0.379 e. The van der Waals surface area contributed by atoms with Gasteiger partial charge in [0.15, 0.2) is 0 Å². The van der Waals surface area contributed by atoms with E-state index in [-0.39, 0.29) is 11.5 Å². The molecule has 1 aromatic carbocycles. The summed E-state index contributed by atoms with van der Waals surface area (Å²) < 4.78 is 4.29. The van der Waals surface area contributed by atoms with Crippen molar-refractivity contribution in [1.82, 2.24) is 15.7 Å². The number of amides is 1. The molecule has 0 spiro atoms. The van der Waals surface area contributed by atoms with Crippen LogP contribution in [0.25, 0.3) is 0 Å². The molecule has 0 fully saturated rings. The molecule has 0 aliphatic heterocycles. The molecule has 0 aliphatic rings. The average molecular weight is 231 g/mol. The second-order valence-corrected chi connectivity index (χ2v) is 3.11. The van der Waals surface area contributed by atoms with Crippen LogP contribution in [0.3, 0.4) is 0 Å². The molecular formula is C10H9N5O2. The van der Waals surface area contributed by atoms with Crippen molar-refractivity contribution in [2.24, 2.45) is 5.10 Å². The number of nitrogens with zero attached hydrogens (tertiary/aromatic N) is 3. The zero-order valence-electron chi connectivity index (χ0n) is 8.70. The fraction of sp³-hybridized carbons (Fsp3) is 0. The minimum atomic E-state index is -0.573. The third kappa shape index (κ3) is 2.65. The molecule has 0 atom stereocenters. The second-order valence-electron chi connectivity index (χ2n) is 3.11. The number of hydrazone groups is 1. The van der Waals surface area contributed by atoms with E-state index in [1.807, 2.05) is 30.3 Å². The Kier molecular flexibility index (Phi) is 3.10. The van der Waals surface area contributed by atoms with Crippen molar-refractivity contribution in [3.05, 3.63) is 41.6 Å². The smallest absolute Gasteiger partial charge is 0.297 e. The Morgan fingerprint density at radius 2 is 2.12 bits per heavy atom. The highest BCUT2D eigenvalue weighted by Gasteiger charge is 2.14. The fourth-order valence-electron chi connectivity index (χ4n) is 1.11. The zero-order chi connectivity index (χ0) is 12.1. The van der Waals surface area contributed by atoms with Gasteiger partial charge < -0.3 is 5.73 Å². The first-order valence-electron chi connectivity index (χ1n) is 4.74. The Morgan fingerprint density at radius 1 is 1.35 bits per heavy atom. The Labute approximate surface area is 96.3 Å². The van der Waals surface area contributed by atoms with Crippen LogP contribution in [-0.2, 0) is 0 Å². The van der Waals surface area contributed by atoms with Gasteiger partial charge in [-0.2, -0.15) is 5.10 Å². The summed E-state index contributed by atoms with van der Waals surface area (Å²) in [6, 6.07) is 9.31. The lowest BCUT2D eigenvalue weighted by atomic mass is 10.2. The summed E-state index contributed by atoms with van der Waals surface area (Å²) in [5.41, 5.74) is 8.38. The molecule has 7 nitrogen and oxygen atoms in total. The average Bonchev–Trinajstić information content (AvgIpc) is 2.77. The van der Waals surface area contributed by atoms with Crippen molar-refractivity contribution in [2.45, 2.75) is 0 Å². The molecule has 0 radical (unpaired) electrons. The summed E-state index contributed by atoms with van der Waals surface area (Å²) in [6.45, 7) is 0. The Balaban J connectivity index is 1.98. The van der Waals surface area contributed by atoms with E-state index in [0.717, 1.165) is 5.56 Å². The van der Waals surface area contributed by atoms with Gasteiger partial charge in [-0.15, -0.1) is 0 Å². The van der Waals surface area contributed by atoms with Gasteiger partial charge in [0.05, 0.1) is 6.21 Å². The van der Waals surface area contributed by atoms with Crippen molar-refractivity contribution in [2.75, 3.05) is 5.73 Å². The minimum absolute atomic E-state index is 0.0718. The van der Waals surface area contributed by atoms with Crippen LogP contribution in [0.15, 0.2) is 40.1 Å². The summed E-state index contributed by atoms with van der Waals surface area (Å²) in [5, 5.41) is 10.4. The topological polar surface area (TPSA) is 106 Å². The highest BCUT2D eigenvalue weighted by Crippen LogP contribution is 2.02. The maximum atomic E-state index is 11.4. The molecule has 7 heteroatoms. The summed E-state index contributed by atoms with van der Waals surface area (Å²) in [5.74, 6) is -0.645. The van der Waals surface area contributed by atoms with Crippen LogP contribution in [0.2, 0.25) is 0 Å². The first kappa shape index (κ1) is 10.8. The quantitative estimate of drug-likeness (QED) is 0.588. The number of nitrogens with one attached hydrogen (secondary N) is 1. The molecule has 3 N–H and O–H groups in total. The zero-order valence-corrected chi connectivity index (χ0v) is 8.70. The van der Waals surface area contributed by atoms with Crippen LogP contribution < -0.4 is 11.2 Å². The van der Waals surface area contributed by atoms with Gasteiger partial charge in [0.2, 0.25) is 11.5 Å². The molecular weight excluding hydrogens is 222 g/mol. The van der Waals surface area contributed by atoms with Crippen LogP contribution in [-0.4, -0.2) is 22.4 Å². The fourth-order valence-corrected chi connectivity index (χ4v) is 1.11. The SMILES string of the molecule is Nc1nonc1C(=O)N/N=C/c1ccccc1. The van der Waals surface area contributed by atoms with Crippen LogP contribution >= 0.6 is 0 Å². The first-order chi connectivity index (χ1) is 8.27. The predicted octanol–water partition coefficient (Wildman–Crippen LogP) is 0.416. The predicted molar refractivity (Wildman–Crippen MR) is 60.2 cm³/mol. The molecule has 2 aromatic rings.